The number of aromatic nitrogens is 2. The Labute approximate surface area is 318 Å². The highest BCUT2D eigenvalue weighted by Crippen LogP contribution is 2.34. The molecule has 1 saturated heterocycles. The lowest BCUT2D eigenvalue weighted by Crippen LogP contribution is -2.50. The third-order valence-electron chi connectivity index (χ3n) is 8.67. The maximum absolute atomic E-state index is 12.8. The molecule has 4 heterocycles. The summed E-state index contributed by atoms with van der Waals surface area (Å²) in [6.45, 7) is 9.76. The van der Waals surface area contributed by atoms with E-state index in [0.717, 1.165) is 27.3 Å². The van der Waals surface area contributed by atoms with Gasteiger partial charge in [0.25, 0.3) is 0 Å². The summed E-state index contributed by atoms with van der Waals surface area (Å²) in [5.41, 5.74) is 3.80. The number of fused-ring (bicyclic) bond motifs is 1. The molecule has 17 heteroatoms. The third kappa shape index (κ3) is 10.1. The summed E-state index contributed by atoms with van der Waals surface area (Å²) in [4.78, 5) is 48.6. The predicted molar refractivity (Wildman–Crippen MR) is 206 cm³/mol. The molecular formula is C37H45N9O6S2. The number of aryl methyl sites for hydroxylation is 1. The zero-order chi connectivity index (χ0) is 38.5. The van der Waals surface area contributed by atoms with Gasteiger partial charge in [-0.1, -0.05) is 6.07 Å². The number of imide groups is 1. The highest BCUT2D eigenvalue weighted by atomic mass is 32.2. The Morgan fingerprint density at radius 1 is 1.06 bits per heavy atom. The van der Waals surface area contributed by atoms with E-state index in [1.165, 1.54) is 0 Å². The van der Waals surface area contributed by atoms with Crippen molar-refractivity contribution < 1.29 is 27.5 Å². The molecule has 0 aliphatic carbocycles. The van der Waals surface area contributed by atoms with Gasteiger partial charge in [-0.3, -0.25) is 19.8 Å². The maximum Gasteiger partial charge on any atom is 0.315 e. The van der Waals surface area contributed by atoms with Crippen LogP contribution in [0.3, 0.4) is 0 Å². The fourth-order valence-electron chi connectivity index (χ4n) is 6.08. The van der Waals surface area contributed by atoms with Crippen molar-refractivity contribution in [3.63, 3.8) is 0 Å². The summed E-state index contributed by atoms with van der Waals surface area (Å²) in [6.07, 6.45) is 3.16. The summed E-state index contributed by atoms with van der Waals surface area (Å²) < 4.78 is 34.2. The number of anilines is 4. The topological polar surface area (TPSA) is 196 Å². The van der Waals surface area contributed by atoms with Gasteiger partial charge in [0.15, 0.2) is 0 Å². The van der Waals surface area contributed by atoms with Crippen LogP contribution < -0.4 is 36.0 Å². The Kier molecular flexibility index (Phi) is 11.8. The first-order valence-corrected chi connectivity index (χ1v) is 20.0. The number of amides is 4. The van der Waals surface area contributed by atoms with Crippen LogP contribution in [-0.2, 0) is 39.2 Å². The minimum Gasteiger partial charge on any atom is -0.494 e. The fourth-order valence-corrected chi connectivity index (χ4v) is 8.54. The Balaban J connectivity index is 0.911. The number of hydrogen-bond donors (Lipinski definition) is 6. The summed E-state index contributed by atoms with van der Waals surface area (Å²) in [7, 11) is -3.70. The number of nitrogens with one attached hydrogen (secondary N) is 6. The molecule has 6 N–H and O–H groups in total. The number of carbonyl (C=O) groups excluding carboxylic acids is 3. The van der Waals surface area contributed by atoms with Gasteiger partial charge in [-0.2, -0.15) is 4.98 Å². The number of rotatable bonds is 14. The van der Waals surface area contributed by atoms with E-state index < -0.39 is 15.6 Å². The minimum absolute atomic E-state index is 0.146. The second kappa shape index (κ2) is 16.5. The largest absolute Gasteiger partial charge is 0.494 e. The van der Waals surface area contributed by atoms with Gasteiger partial charge >= 0.3 is 6.03 Å². The van der Waals surface area contributed by atoms with Gasteiger partial charge in [-0.15, -0.1) is 11.3 Å². The van der Waals surface area contributed by atoms with Crippen molar-refractivity contribution in [2.45, 2.75) is 83.1 Å². The standard InChI is InChI=1S/C37H45N9O6S2/c1-23-18-39-35(44-33(23)41-26-7-5-8-28(17-26)54(50,51)45-37(2,3)4)42-25-9-11-27(12-10-25)52-16-6-15-38-36(49)40-19-31-29-21-46(20-24(29)22-53-31)30-13-14-32(47)43-34(30)48/h5,7-12,17-18,22,30,45H,6,13-16,19-21H2,1-4H3,(H2,38,40,49)(H,43,47,48)(H2,39,41,42,44). The average Bonchev–Trinajstić information content (AvgIpc) is 3.70. The molecule has 4 amide bonds. The van der Waals surface area contributed by atoms with E-state index in [0.29, 0.717) is 75.3 Å². The normalized spacial score (nSPS) is 16.0. The second-order valence-corrected chi connectivity index (χ2v) is 16.9. The summed E-state index contributed by atoms with van der Waals surface area (Å²) in [5, 5.41) is 16.7. The second-order valence-electron chi connectivity index (χ2n) is 14.2. The number of nitrogens with zero attached hydrogens (tertiary/aromatic N) is 3. The molecule has 54 heavy (non-hydrogen) atoms. The molecule has 1 unspecified atom stereocenters. The van der Waals surface area contributed by atoms with Crippen LogP contribution in [0.25, 0.3) is 0 Å². The van der Waals surface area contributed by atoms with Crippen molar-refractivity contribution in [3.05, 3.63) is 81.7 Å². The Morgan fingerprint density at radius 3 is 2.61 bits per heavy atom. The van der Waals surface area contributed by atoms with E-state index in [-0.39, 0.29) is 28.8 Å². The van der Waals surface area contributed by atoms with Crippen molar-refractivity contribution >= 4 is 62.3 Å². The third-order valence-corrected chi connectivity index (χ3v) is 11.5. The van der Waals surface area contributed by atoms with E-state index >= 15 is 0 Å². The molecule has 1 atom stereocenters. The van der Waals surface area contributed by atoms with Gasteiger partial charge in [-0.05, 0) is 99.5 Å². The van der Waals surface area contributed by atoms with Crippen LogP contribution in [0.1, 0.15) is 61.6 Å². The van der Waals surface area contributed by atoms with Crippen LogP contribution in [0.5, 0.6) is 5.75 Å². The molecule has 0 saturated carbocycles. The van der Waals surface area contributed by atoms with Crippen molar-refractivity contribution in [2.75, 3.05) is 23.8 Å². The smallest absolute Gasteiger partial charge is 0.315 e. The van der Waals surface area contributed by atoms with Gasteiger partial charge in [0.2, 0.25) is 27.8 Å². The average molecular weight is 776 g/mol. The van der Waals surface area contributed by atoms with Crippen molar-refractivity contribution in [3.8, 4) is 5.75 Å². The Bertz CT molecular complexity index is 2120. The number of carbonyl (C=O) groups is 3. The number of thiophene rings is 1. The zero-order valence-electron chi connectivity index (χ0n) is 30.6. The van der Waals surface area contributed by atoms with Crippen molar-refractivity contribution in [1.82, 2.24) is 35.5 Å². The van der Waals surface area contributed by atoms with Gasteiger partial charge < -0.3 is 26.0 Å². The highest BCUT2D eigenvalue weighted by Gasteiger charge is 2.36. The number of hydrogen-bond acceptors (Lipinski definition) is 12. The molecule has 6 rings (SSSR count). The van der Waals surface area contributed by atoms with Gasteiger partial charge in [0.1, 0.15) is 11.6 Å². The van der Waals surface area contributed by atoms with Crippen molar-refractivity contribution in [2.24, 2.45) is 0 Å². The number of urea groups is 1. The minimum atomic E-state index is -3.70. The lowest BCUT2D eigenvalue weighted by Gasteiger charge is -2.29. The van der Waals surface area contributed by atoms with E-state index in [4.69, 9.17) is 4.74 Å². The molecule has 15 nitrogen and oxygen atoms in total. The lowest BCUT2D eigenvalue weighted by atomic mass is 10.0. The van der Waals surface area contributed by atoms with Crippen LogP contribution in [-0.4, -0.2) is 65.9 Å². The van der Waals surface area contributed by atoms with E-state index in [1.54, 1.807) is 62.6 Å². The molecule has 0 spiro atoms. The fraction of sp³-hybridized carbons (Fsp3) is 0.378. The molecule has 0 bridgehead atoms. The SMILES string of the molecule is Cc1cnc(Nc2ccc(OCCCNC(=O)NCc3scc4c3CN(C3CCC(=O)NC3=O)C4)cc2)nc1Nc1cccc(S(=O)(=O)NC(C)(C)C)c1. The van der Waals surface area contributed by atoms with E-state index in [9.17, 15) is 22.8 Å². The first kappa shape index (κ1) is 38.6. The number of benzene rings is 2. The van der Waals surface area contributed by atoms with E-state index in [2.05, 4.69) is 51.6 Å². The van der Waals surface area contributed by atoms with Gasteiger partial charge in [0.05, 0.1) is 24.1 Å². The monoisotopic (exact) mass is 775 g/mol. The van der Waals surface area contributed by atoms with Gasteiger partial charge in [-0.25, -0.2) is 22.9 Å². The Morgan fingerprint density at radius 2 is 1.85 bits per heavy atom. The number of ether oxygens (including phenoxy) is 1. The molecule has 2 aliphatic rings. The lowest BCUT2D eigenvalue weighted by molar-refractivity contribution is -0.137. The first-order chi connectivity index (χ1) is 25.7. The van der Waals surface area contributed by atoms with Crippen LogP contribution in [0, 0.1) is 6.92 Å². The molecule has 0 radical (unpaired) electrons. The summed E-state index contributed by atoms with van der Waals surface area (Å²) in [5.74, 6) is 1.11. The van der Waals surface area contributed by atoms with Crippen molar-refractivity contribution in [1.29, 1.82) is 0 Å². The molecule has 286 valence electrons. The zero-order valence-corrected chi connectivity index (χ0v) is 32.2. The summed E-state index contributed by atoms with van der Waals surface area (Å²) in [6, 6.07) is 13.3. The molecule has 2 aromatic heterocycles. The van der Waals surface area contributed by atoms with Crippen LogP contribution in [0.2, 0.25) is 0 Å². The van der Waals surface area contributed by atoms with E-state index in [1.807, 2.05) is 31.2 Å². The molecular weight excluding hydrogens is 731 g/mol. The van der Waals surface area contributed by atoms with Gasteiger partial charge in [0, 0.05) is 59.6 Å². The molecule has 2 aliphatic heterocycles. The Hall–Kier alpha value is -5.10. The summed E-state index contributed by atoms with van der Waals surface area (Å²) >= 11 is 1.60. The van der Waals surface area contributed by atoms with Crippen LogP contribution >= 0.6 is 11.3 Å². The van der Waals surface area contributed by atoms with Crippen LogP contribution in [0.4, 0.5) is 27.9 Å². The highest BCUT2D eigenvalue weighted by molar-refractivity contribution is 7.89. The quantitative estimate of drug-likeness (QED) is 0.0761. The molecule has 1 fully saturated rings. The van der Waals surface area contributed by atoms with Crippen LogP contribution in [0.15, 0.2) is 65.0 Å². The number of piperidine rings is 1. The molecule has 2 aromatic carbocycles. The first-order valence-electron chi connectivity index (χ1n) is 17.6. The molecule has 4 aromatic rings. The maximum atomic E-state index is 12.8. The predicted octanol–water partition coefficient (Wildman–Crippen LogP) is 4.80. The number of sulfonamides is 1.